The number of carbonyl (C=O) groups is 5. The average molecular weight is 626 g/mol. The number of rotatable bonds is 17. The maximum Gasteiger partial charge on any atom is 0.325 e. The average Bonchev–Trinajstić information content (AvgIpc) is 3.67. The predicted octanol–water partition coefficient (Wildman–Crippen LogP) is -2.06. The van der Waals surface area contributed by atoms with E-state index in [2.05, 4.69) is 41.5 Å². The van der Waals surface area contributed by atoms with Crippen molar-refractivity contribution in [1.29, 1.82) is 5.41 Å². The molecule has 0 aliphatic carbocycles. The van der Waals surface area contributed by atoms with Gasteiger partial charge in [0.2, 0.25) is 23.6 Å². The Bertz CT molecular complexity index is 1490. The Morgan fingerprint density at radius 2 is 1.62 bits per heavy atom. The predicted molar refractivity (Wildman–Crippen MR) is 164 cm³/mol. The Kier molecular flexibility index (Phi) is 12.4. The Morgan fingerprint density at radius 1 is 0.956 bits per heavy atom. The highest BCUT2D eigenvalue weighted by Gasteiger charge is 2.31. The van der Waals surface area contributed by atoms with Gasteiger partial charge in [0.15, 0.2) is 5.96 Å². The Hall–Kier alpha value is -5.45. The molecule has 0 spiro atoms. The summed E-state index contributed by atoms with van der Waals surface area (Å²) in [5.41, 5.74) is 12.8. The Morgan fingerprint density at radius 3 is 2.27 bits per heavy atom. The number of hydrogen-bond acceptors (Lipinski definition) is 8. The molecule has 13 N–H and O–H groups in total. The highest BCUT2D eigenvalue weighted by molar-refractivity contribution is 5.95. The van der Waals surface area contributed by atoms with Gasteiger partial charge in [0, 0.05) is 42.7 Å². The van der Waals surface area contributed by atoms with Crippen LogP contribution < -0.4 is 38.1 Å². The fraction of sp³-hybridized carbons (Fsp3) is 0.393. The molecule has 2 aromatic heterocycles. The van der Waals surface area contributed by atoms with Crippen LogP contribution in [0.4, 0.5) is 0 Å². The number of carboxylic acids is 1. The van der Waals surface area contributed by atoms with Crippen molar-refractivity contribution in [2.45, 2.75) is 56.8 Å². The van der Waals surface area contributed by atoms with E-state index >= 15 is 0 Å². The van der Waals surface area contributed by atoms with E-state index in [0.717, 1.165) is 16.5 Å². The van der Waals surface area contributed by atoms with Crippen LogP contribution in [-0.4, -0.2) is 92.9 Å². The van der Waals surface area contributed by atoms with Crippen molar-refractivity contribution >= 4 is 46.5 Å². The number of aromatic amines is 2. The van der Waals surface area contributed by atoms with E-state index in [1.807, 2.05) is 24.3 Å². The van der Waals surface area contributed by atoms with Gasteiger partial charge in [-0.3, -0.25) is 29.4 Å². The molecule has 4 amide bonds. The number of hydrogen-bond donors (Lipinski definition) is 11. The molecule has 4 atom stereocenters. The molecule has 17 nitrogen and oxygen atoms in total. The van der Waals surface area contributed by atoms with Gasteiger partial charge in [0.05, 0.1) is 18.6 Å². The molecule has 0 unspecified atom stereocenters. The van der Waals surface area contributed by atoms with Gasteiger partial charge in [0.1, 0.15) is 24.2 Å². The number of nitrogens with two attached hydrogens (primary N) is 2. The third-order valence-corrected chi connectivity index (χ3v) is 6.88. The molecule has 3 rings (SSSR count). The van der Waals surface area contributed by atoms with Crippen molar-refractivity contribution in [1.82, 2.24) is 41.5 Å². The van der Waals surface area contributed by atoms with E-state index in [-0.39, 0.29) is 44.7 Å². The van der Waals surface area contributed by atoms with Crippen LogP contribution in [0.3, 0.4) is 0 Å². The largest absolute Gasteiger partial charge is 0.480 e. The van der Waals surface area contributed by atoms with Crippen molar-refractivity contribution in [2.24, 2.45) is 11.5 Å². The van der Waals surface area contributed by atoms with Gasteiger partial charge in [-0.25, -0.2) is 4.98 Å². The summed E-state index contributed by atoms with van der Waals surface area (Å²) in [6, 6.07) is 2.67. The van der Waals surface area contributed by atoms with Crippen LogP contribution >= 0.6 is 0 Å². The summed E-state index contributed by atoms with van der Waals surface area (Å²) in [7, 11) is 0. The second-order valence-corrected chi connectivity index (χ2v) is 10.3. The van der Waals surface area contributed by atoms with Crippen LogP contribution in [0.25, 0.3) is 10.9 Å². The molecule has 0 saturated heterocycles. The number of nitrogens with zero attached hydrogens (tertiary/aromatic N) is 1. The quantitative estimate of drug-likeness (QED) is 0.0443. The van der Waals surface area contributed by atoms with Crippen LogP contribution in [0, 0.1) is 5.41 Å². The maximum absolute atomic E-state index is 13.6. The van der Waals surface area contributed by atoms with Crippen molar-refractivity contribution in [3.63, 3.8) is 0 Å². The standard InChI is InChI=1S/C28H39N11O6/c1-15(27(44)45)36-24(41)20(7-4-8-33-28(30)31)38-26(43)22(10-17-13-32-14-35-17)39-25(42)21(37-23(40)11-29)9-16-12-34-19-6-3-2-5-18(16)19/h2-3,5-6,12-15,20-22,34H,4,7-11,29H2,1H3,(H,32,35)(H,36,41)(H,37,40)(H,38,43)(H,39,42)(H,44,45)(H4,30,31,33)/t15-,20+,21+,22+/m0/s1. The second-order valence-electron chi connectivity index (χ2n) is 10.3. The SMILES string of the molecule is C[C@H](NC(=O)[C@@H](CCCNC(=N)N)NC(=O)[C@@H](Cc1c[nH]cn1)NC(=O)[C@@H](Cc1c[nH]c2ccccc12)NC(=O)CN)C(=O)O. The molecule has 17 heteroatoms. The first kappa shape index (κ1) is 34.0. The van der Waals surface area contributed by atoms with Crippen LogP contribution in [0.1, 0.15) is 31.0 Å². The molecule has 2 heterocycles. The number of aromatic nitrogens is 3. The summed E-state index contributed by atoms with van der Waals surface area (Å²) >= 11 is 0. The first-order chi connectivity index (χ1) is 21.5. The van der Waals surface area contributed by atoms with E-state index in [1.165, 1.54) is 19.4 Å². The molecular formula is C28H39N11O6. The molecule has 1 aromatic carbocycles. The zero-order chi connectivity index (χ0) is 32.9. The van der Waals surface area contributed by atoms with Crippen LogP contribution in [0.15, 0.2) is 43.0 Å². The normalized spacial score (nSPS) is 13.6. The summed E-state index contributed by atoms with van der Waals surface area (Å²) in [6.45, 7) is 1.13. The van der Waals surface area contributed by atoms with Crippen molar-refractivity contribution < 1.29 is 29.1 Å². The minimum atomic E-state index is -1.27. The molecular weight excluding hydrogens is 586 g/mol. The molecule has 0 bridgehead atoms. The van der Waals surface area contributed by atoms with Gasteiger partial charge < -0.3 is 53.1 Å². The number of para-hydroxylation sites is 1. The summed E-state index contributed by atoms with van der Waals surface area (Å²) in [5.74, 6) is -4.29. The lowest BCUT2D eigenvalue weighted by Crippen LogP contribution is -2.58. The first-order valence-corrected chi connectivity index (χ1v) is 14.2. The summed E-state index contributed by atoms with van der Waals surface area (Å²) in [4.78, 5) is 73.9. The van der Waals surface area contributed by atoms with Gasteiger partial charge in [-0.15, -0.1) is 0 Å². The number of amides is 4. The zero-order valence-corrected chi connectivity index (χ0v) is 24.7. The number of carbonyl (C=O) groups excluding carboxylic acids is 4. The van der Waals surface area contributed by atoms with Crippen LogP contribution in [0.5, 0.6) is 0 Å². The van der Waals surface area contributed by atoms with E-state index in [0.29, 0.717) is 5.69 Å². The van der Waals surface area contributed by atoms with Crippen molar-refractivity contribution in [2.75, 3.05) is 13.1 Å². The van der Waals surface area contributed by atoms with E-state index in [4.69, 9.17) is 16.9 Å². The van der Waals surface area contributed by atoms with Crippen molar-refractivity contribution in [3.05, 3.63) is 54.2 Å². The molecule has 45 heavy (non-hydrogen) atoms. The maximum atomic E-state index is 13.6. The zero-order valence-electron chi connectivity index (χ0n) is 24.7. The van der Waals surface area contributed by atoms with Gasteiger partial charge in [0.25, 0.3) is 0 Å². The van der Waals surface area contributed by atoms with E-state index in [1.54, 1.807) is 6.20 Å². The molecule has 242 valence electrons. The van der Waals surface area contributed by atoms with E-state index in [9.17, 15) is 29.1 Å². The fourth-order valence-electron chi connectivity index (χ4n) is 4.52. The van der Waals surface area contributed by atoms with Gasteiger partial charge >= 0.3 is 5.97 Å². The highest BCUT2D eigenvalue weighted by atomic mass is 16.4. The summed E-state index contributed by atoms with van der Waals surface area (Å²) in [6.07, 6.45) is 5.03. The monoisotopic (exact) mass is 625 g/mol. The number of fused-ring (bicyclic) bond motifs is 1. The number of benzene rings is 1. The smallest absolute Gasteiger partial charge is 0.325 e. The number of carboxylic acid groups (broad SMARTS) is 1. The number of nitrogens with one attached hydrogen (secondary N) is 8. The lowest BCUT2D eigenvalue weighted by atomic mass is 10.0. The minimum absolute atomic E-state index is 0.0585. The molecule has 3 aromatic rings. The number of guanidine groups is 1. The number of aliphatic carboxylic acids is 1. The second kappa shape index (κ2) is 16.4. The van der Waals surface area contributed by atoms with Gasteiger partial charge in [-0.1, -0.05) is 18.2 Å². The highest BCUT2D eigenvalue weighted by Crippen LogP contribution is 2.19. The molecule has 0 fully saturated rings. The topological polar surface area (TPSA) is 286 Å². The summed E-state index contributed by atoms with van der Waals surface area (Å²) < 4.78 is 0. The first-order valence-electron chi connectivity index (χ1n) is 14.2. The number of H-pyrrole nitrogens is 2. The molecule has 0 aliphatic rings. The van der Waals surface area contributed by atoms with Gasteiger partial charge in [-0.05, 0) is 31.4 Å². The lowest BCUT2D eigenvalue weighted by Gasteiger charge is -2.25. The lowest BCUT2D eigenvalue weighted by molar-refractivity contribution is -0.141. The molecule has 0 aliphatic heterocycles. The van der Waals surface area contributed by atoms with Crippen LogP contribution in [0.2, 0.25) is 0 Å². The number of imidazole rings is 1. The fourth-order valence-corrected chi connectivity index (χ4v) is 4.52. The summed E-state index contributed by atoms with van der Waals surface area (Å²) in [5, 5.41) is 30.2. The van der Waals surface area contributed by atoms with E-state index < -0.39 is 53.8 Å². The van der Waals surface area contributed by atoms with Crippen molar-refractivity contribution in [3.8, 4) is 0 Å². The Labute approximate surface area is 258 Å². The third kappa shape index (κ3) is 10.3. The van der Waals surface area contributed by atoms with Crippen LogP contribution in [-0.2, 0) is 36.8 Å². The minimum Gasteiger partial charge on any atom is -0.480 e. The van der Waals surface area contributed by atoms with Gasteiger partial charge in [-0.2, -0.15) is 0 Å². The Balaban J connectivity index is 1.83. The third-order valence-electron chi connectivity index (χ3n) is 6.88. The molecule has 0 saturated carbocycles. The molecule has 0 radical (unpaired) electrons.